The van der Waals surface area contributed by atoms with Crippen LogP contribution in [0.5, 0.6) is 0 Å². The van der Waals surface area contributed by atoms with Gasteiger partial charge in [-0.1, -0.05) is 18.2 Å². The summed E-state index contributed by atoms with van der Waals surface area (Å²) in [7, 11) is 0. The molecule has 20 heavy (non-hydrogen) atoms. The maximum absolute atomic E-state index is 13.0. The third-order valence-corrected chi connectivity index (χ3v) is 3.10. The molecule has 0 fully saturated rings. The van der Waals surface area contributed by atoms with Gasteiger partial charge in [0.25, 0.3) is 0 Å². The Hall–Kier alpha value is -2.42. The van der Waals surface area contributed by atoms with Gasteiger partial charge < -0.3 is 5.32 Å². The van der Waals surface area contributed by atoms with Crippen LogP contribution in [-0.2, 0) is 0 Å². The molecule has 0 bridgehead atoms. The predicted octanol–water partition coefficient (Wildman–Crippen LogP) is 4.25. The van der Waals surface area contributed by atoms with E-state index in [-0.39, 0.29) is 11.6 Å². The zero-order valence-corrected chi connectivity index (χ0v) is 11.5. The molecule has 2 aromatic rings. The van der Waals surface area contributed by atoms with Crippen LogP contribution in [0.3, 0.4) is 0 Å². The molecule has 0 heterocycles. The summed E-state index contributed by atoms with van der Waals surface area (Å²) in [5, 5.41) is 2.87. The largest absolute Gasteiger partial charge is 0.361 e. The summed E-state index contributed by atoms with van der Waals surface area (Å²) < 4.78 is 13.0. The molecule has 1 N–H and O–H groups in total. The number of carbonyl (C=O) groups is 1. The number of hydrogen-bond donors (Lipinski definition) is 1. The number of hydrogen-bond acceptors (Lipinski definition) is 2. The lowest BCUT2D eigenvalue weighted by Gasteiger charge is -2.02. The van der Waals surface area contributed by atoms with Crippen molar-refractivity contribution in [3.63, 3.8) is 0 Å². The number of halogens is 1. The highest BCUT2D eigenvalue weighted by Crippen LogP contribution is 2.12. The van der Waals surface area contributed by atoms with Gasteiger partial charge in [0.2, 0.25) is 0 Å². The molecule has 0 amide bonds. The van der Waals surface area contributed by atoms with Crippen molar-refractivity contribution in [3.8, 4) is 0 Å². The number of benzene rings is 2. The molecule has 2 aromatic carbocycles. The third kappa shape index (κ3) is 3.54. The predicted molar refractivity (Wildman–Crippen MR) is 79.4 cm³/mol. The van der Waals surface area contributed by atoms with Crippen LogP contribution >= 0.6 is 0 Å². The normalized spacial score (nSPS) is 10.8. The maximum Gasteiger partial charge on any atom is 0.187 e. The van der Waals surface area contributed by atoms with Gasteiger partial charge in [0.15, 0.2) is 5.78 Å². The first kappa shape index (κ1) is 14.0. The molecule has 0 unspecified atom stereocenters. The van der Waals surface area contributed by atoms with E-state index < -0.39 is 0 Å². The summed E-state index contributed by atoms with van der Waals surface area (Å²) in [5.74, 6) is -0.402. The average molecular weight is 269 g/mol. The molecule has 0 saturated heterocycles. The summed E-state index contributed by atoms with van der Waals surface area (Å²) in [6.07, 6.45) is 2.96. The Kier molecular flexibility index (Phi) is 4.31. The number of ketones is 1. The van der Waals surface area contributed by atoms with Gasteiger partial charge in [-0.3, -0.25) is 4.79 Å². The van der Waals surface area contributed by atoms with E-state index in [0.717, 1.165) is 11.1 Å². The lowest BCUT2D eigenvalue weighted by Crippen LogP contribution is -1.97. The van der Waals surface area contributed by atoms with Gasteiger partial charge in [0.1, 0.15) is 5.82 Å². The Morgan fingerprint density at radius 3 is 2.60 bits per heavy atom. The Morgan fingerprint density at radius 2 is 1.90 bits per heavy atom. The van der Waals surface area contributed by atoms with Gasteiger partial charge >= 0.3 is 0 Å². The average Bonchev–Trinajstić information content (AvgIpc) is 2.42. The molecule has 0 aliphatic rings. The maximum atomic E-state index is 13.0. The molecular formula is C17H16FNO. The first-order valence-corrected chi connectivity index (χ1v) is 6.36. The molecule has 0 atom stereocenters. The summed E-state index contributed by atoms with van der Waals surface area (Å²) in [4.78, 5) is 12.0. The Labute approximate surface area is 118 Å². The molecule has 0 aliphatic carbocycles. The standard InChI is InChI=1S/C17H16FNO/c1-12-6-7-14(10-13(12)2)17(20)8-9-19-16-5-3-4-15(18)11-16/h3-11,19H,1-2H3. The fourth-order valence-corrected chi connectivity index (χ4v) is 1.78. The molecule has 2 nitrogen and oxygen atoms in total. The van der Waals surface area contributed by atoms with Crippen molar-refractivity contribution in [2.75, 3.05) is 5.32 Å². The van der Waals surface area contributed by atoms with Crippen molar-refractivity contribution in [3.05, 3.63) is 77.2 Å². The lowest BCUT2D eigenvalue weighted by atomic mass is 10.0. The van der Waals surface area contributed by atoms with E-state index in [2.05, 4.69) is 5.32 Å². The first-order valence-electron chi connectivity index (χ1n) is 6.36. The van der Waals surface area contributed by atoms with Gasteiger partial charge in [-0.15, -0.1) is 0 Å². The van der Waals surface area contributed by atoms with Crippen molar-refractivity contribution >= 4 is 11.5 Å². The van der Waals surface area contributed by atoms with E-state index in [1.165, 1.54) is 24.4 Å². The molecule has 0 saturated carbocycles. The molecule has 0 aromatic heterocycles. The van der Waals surface area contributed by atoms with Gasteiger partial charge in [0, 0.05) is 23.5 Å². The van der Waals surface area contributed by atoms with E-state index in [0.29, 0.717) is 11.3 Å². The SMILES string of the molecule is Cc1ccc(C(=O)C=CNc2cccc(F)c2)cc1C. The summed E-state index contributed by atoms with van der Waals surface area (Å²) in [6, 6.07) is 11.7. The van der Waals surface area contributed by atoms with Crippen LogP contribution in [0, 0.1) is 19.7 Å². The fraction of sp³-hybridized carbons (Fsp3) is 0.118. The molecule has 2 rings (SSSR count). The molecule has 102 valence electrons. The van der Waals surface area contributed by atoms with Crippen LogP contribution in [-0.4, -0.2) is 5.78 Å². The Balaban J connectivity index is 2.04. The van der Waals surface area contributed by atoms with Crippen LogP contribution in [0.2, 0.25) is 0 Å². The fourth-order valence-electron chi connectivity index (χ4n) is 1.78. The van der Waals surface area contributed by atoms with Gasteiger partial charge in [0.05, 0.1) is 0 Å². The van der Waals surface area contributed by atoms with Crippen LogP contribution in [0.15, 0.2) is 54.7 Å². The Bertz CT molecular complexity index is 662. The molecule has 0 spiro atoms. The van der Waals surface area contributed by atoms with Crippen LogP contribution in [0.25, 0.3) is 0 Å². The first-order chi connectivity index (χ1) is 9.56. The molecule has 0 aliphatic heterocycles. The zero-order valence-electron chi connectivity index (χ0n) is 11.5. The van der Waals surface area contributed by atoms with Gasteiger partial charge in [-0.2, -0.15) is 0 Å². The monoisotopic (exact) mass is 269 g/mol. The third-order valence-electron chi connectivity index (χ3n) is 3.10. The molecular weight excluding hydrogens is 253 g/mol. The van der Waals surface area contributed by atoms with Crippen LogP contribution in [0.1, 0.15) is 21.5 Å². The highest BCUT2D eigenvalue weighted by molar-refractivity contribution is 6.04. The summed E-state index contributed by atoms with van der Waals surface area (Å²) >= 11 is 0. The highest BCUT2D eigenvalue weighted by atomic mass is 19.1. The van der Waals surface area contributed by atoms with E-state index in [9.17, 15) is 9.18 Å². The van der Waals surface area contributed by atoms with E-state index >= 15 is 0 Å². The smallest absolute Gasteiger partial charge is 0.187 e. The summed E-state index contributed by atoms with van der Waals surface area (Å²) in [5.41, 5.74) is 3.49. The second-order valence-corrected chi connectivity index (χ2v) is 4.65. The number of nitrogens with one attached hydrogen (secondary N) is 1. The quantitative estimate of drug-likeness (QED) is 0.664. The van der Waals surface area contributed by atoms with Crippen molar-refractivity contribution in [2.24, 2.45) is 0 Å². The number of allylic oxidation sites excluding steroid dienone is 1. The number of anilines is 1. The van der Waals surface area contributed by atoms with E-state index in [1.807, 2.05) is 26.0 Å². The minimum Gasteiger partial charge on any atom is -0.361 e. The highest BCUT2D eigenvalue weighted by Gasteiger charge is 2.02. The molecule has 3 heteroatoms. The van der Waals surface area contributed by atoms with E-state index in [4.69, 9.17) is 0 Å². The number of carbonyl (C=O) groups excluding carboxylic acids is 1. The van der Waals surface area contributed by atoms with Crippen molar-refractivity contribution < 1.29 is 9.18 Å². The van der Waals surface area contributed by atoms with Crippen molar-refractivity contribution in [1.82, 2.24) is 0 Å². The molecule has 0 radical (unpaired) electrons. The zero-order chi connectivity index (χ0) is 14.5. The van der Waals surface area contributed by atoms with Gasteiger partial charge in [-0.25, -0.2) is 4.39 Å². The Morgan fingerprint density at radius 1 is 1.10 bits per heavy atom. The van der Waals surface area contributed by atoms with Crippen molar-refractivity contribution in [2.45, 2.75) is 13.8 Å². The number of rotatable bonds is 4. The van der Waals surface area contributed by atoms with Crippen molar-refractivity contribution in [1.29, 1.82) is 0 Å². The van der Waals surface area contributed by atoms with E-state index in [1.54, 1.807) is 18.2 Å². The van der Waals surface area contributed by atoms with Gasteiger partial charge in [-0.05, 0) is 49.2 Å². The minimum absolute atomic E-state index is 0.0861. The minimum atomic E-state index is -0.316. The van der Waals surface area contributed by atoms with Crippen LogP contribution < -0.4 is 5.32 Å². The van der Waals surface area contributed by atoms with Crippen LogP contribution in [0.4, 0.5) is 10.1 Å². The second-order valence-electron chi connectivity index (χ2n) is 4.65. The summed E-state index contributed by atoms with van der Waals surface area (Å²) in [6.45, 7) is 3.98. The number of aryl methyl sites for hydroxylation is 2. The topological polar surface area (TPSA) is 29.1 Å². The lowest BCUT2D eigenvalue weighted by molar-refractivity contribution is 0.104. The second kappa shape index (κ2) is 6.15.